The van der Waals surface area contributed by atoms with Crippen LogP contribution in [0.25, 0.3) is 0 Å². The second-order valence-corrected chi connectivity index (χ2v) is 9.70. The average Bonchev–Trinajstić information content (AvgIpc) is 3.64. The molecular weight excluding hydrogens is 520 g/mol. The molecular formula is C24H27BrN4O4S. The van der Waals surface area contributed by atoms with Gasteiger partial charge >= 0.3 is 0 Å². The maximum absolute atomic E-state index is 12.7. The number of hydrogen-bond acceptors (Lipinski definition) is 5. The summed E-state index contributed by atoms with van der Waals surface area (Å²) in [5.41, 5.74) is 6.27. The first-order chi connectivity index (χ1) is 16.2. The molecule has 0 heterocycles. The van der Waals surface area contributed by atoms with Crippen molar-refractivity contribution in [3.05, 3.63) is 58.1 Å². The number of carbonyl (C=O) groups excluding carboxylic acids is 3. The van der Waals surface area contributed by atoms with Gasteiger partial charge in [0, 0.05) is 21.6 Å². The van der Waals surface area contributed by atoms with E-state index in [2.05, 4.69) is 51.3 Å². The van der Waals surface area contributed by atoms with Crippen LogP contribution >= 0.6 is 28.1 Å². The highest BCUT2D eigenvalue weighted by atomic mass is 79.9. The predicted molar refractivity (Wildman–Crippen MR) is 138 cm³/mol. The second-order valence-electron chi connectivity index (χ2n) is 8.37. The molecule has 1 saturated carbocycles. The van der Waals surface area contributed by atoms with Crippen LogP contribution in [0.5, 0.6) is 5.75 Å². The van der Waals surface area contributed by atoms with Crippen molar-refractivity contribution in [3.8, 4) is 5.75 Å². The van der Waals surface area contributed by atoms with Gasteiger partial charge in [0.15, 0.2) is 5.11 Å². The average molecular weight is 547 g/mol. The van der Waals surface area contributed by atoms with E-state index in [-0.39, 0.29) is 16.9 Å². The number of nitrogens with one attached hydrogen (secondary N) is 4. The van der Waals surface area contributed by atoms with Crippen molar-refractivity contribution in [2.75, 3.05) is 11.9 Å². The Hall–Kier alpha value is -2.98. The Morgan fingerprint density at radius 1 is 1.06 bits per heavy atom. The number of thiocarbonyl (C=S) groups is 1. The number of hydrazine groups is 1. The predicted octanol–water partition coefficient (Wildman–Crippen LogP) is 4.17. The van der Waals surface area contributed by atoms with E-state index in [1.54, 1.807) is 42.5 Å². The van der Waals surface area contributed by atoms with Crippen LogP contribution in [0.1, 0.15) is 53.8 Å². The van der Waals surface area contributed by atoms with Gasteiger partial charge in [-0.1, -0.05) is 29.8 Å². The van der Waals surface area contributed by atoms with Gasteiger partial charge in [0.05, 0.1) is 12.2 Å². The molecule has 2 aromatic rings. The zero-order valence-corrected chi connectivity index (χ0v) is 21.3. The minimum atomic E-state index is -0.469. The Kier molecular flexibility index (Phi) is 9.00. The van der Waals surface area contributed by atoms with Gasteiger partial charge in [-0.25, -0.2) is 0 Å². The molecule has 0 aliphatic heterocycles. The fraction of sp³-hybridized carbons (Fsp3) is 0.333. The van der Waals surface area contributed by atoms with Crippen LogP contribution in [0, 0.1) is 11.8 Å². The van der Waals surface area contributed by atoms with E-state index >= 15 is 0 Å². The van der Waals surface area contributed by atoms with Gasteiger partial charge in [-0.2, -0.15) is 0 Å². The van der Waals surface area contributed by atoms with Crippen molar-refractivity contribution in [1.82, 2.24) is 16.2 Å². The van der Waals surface area contributed by atoms with Gasteiger partial charge in [-0.05, 0) is 79.9 Å². The standard InChI is InChI=1S/C24H27BrN4O4S/c1-14(2)11-12-33-20-10-7-17(25)13-19(20)23(32)27-24(34)29-28-22(31)16-5-8-18(9-6-16)26-21(30)15-3-4-15/h5-10,13-15H,3-4,11-12H2,1-2H3,(H,26,30)(H,28,31)(H2,27,29,32,34). The Morgan fingerprint density at radius 3 is 2.41 bits per heavy atom. The third-order valence-electron chi connectivity index (χ3n) is 5.02. The monoisotopic (exact) mass is 546 g/mol. The van der Waals surface area contributed by atoms with Crippen molar-refractivity contribution >= 4 is 56.7 Å². The number of amides is 3. The Labute approximate surface area is 212 Å². The highest BCUT2D eigenvalue weighted by molar-refractivity contribution is 9.10. The zero-order valence-electron chi connectivity index (χ0n) is 18.9. The highest BCUT2D eigenvalue weighted by Gasteiger charge is 2.29. The van der Waals surface area contributed by atoms with E-state index in [9.17, 15) is 14.4 Å². The molecule has 0 bridgehead atoms. The molecule has 34 heavy (non-hydrogen) atoms. The Morgan fingerprint density at radius 2 is 1.76 bits per heavy atom. The molecule has 180 valence electrons. The third kappa shape index (κ3) is 7.81. The zero-order chi connectivity index (χ0) is 24.7. The maximum atomic E-state index is 12.7. The minimum absolute atomic E-state index is 0.00103. The van der Waals surface area contributed by atoms with Crippen molar-refractivity contribution in [2.24, 2.45) is 11.8 Å². The van der Waals surface area contributed by atoms with Gasteiger partial charge in [-0.3, -0.25) is 30.6 Å². The first kappa shape index (κ1) is 25.6. The lowest BCUT2D eigenvalue weighted by Gasteiger charge is -2.14. The largest absolute Gasteiger partial charge is 0.493 e. The van der Waals surface area contributed by atoms with E-state index in [4.69, 9.17) is 17.0 Å². The molecule has 10 heteroatoms. The lowest BCUT2D eigenvalue weighted by Crippen LogP contribution is -2.48. The molecule has 0 spiro atoms. The molecule has 0 radical (unpaired) electrons. The summed E-state index contributed by atoms with van der Waals surface area (Å²) in [5, 5.41) is 5.28. The van der Waals surface area contributed by atoms with Crippen LogP contribution in [0.3, 0.4) is 0 Å². The van der Waals surface area contributed by atoms with Crippen LogP contribution in [-0.2, 0) is 4.79 Å². The number of anilines is 1. The van der Waals surface area contributed by atoms with Gasteiger partial charge in [0.1, 0.15) is 5.75 Å². The van der Waals surface area contributed by atoms with E-state index in [0.717, 1.165) is 23.7 Å². The summed E-state index contributed by atoms with van der Waals surface area (Å²) in [6, 6.07) is 11.6. The normalized spacial score (nSPS) is 12.6. The summed E-state index contributed by atoms with van der Waals surface area (Å²) >= 11 is 8.50. The molecule has 0 saturated heterocycles. The summed E-state index contributed by atoms with van der Waals surface area (Å²) in [6.45, 7) is 4.68. The van der Waals surface area contributed by atoms with Crippen molar-refractivity contribution in [1.29, 1.82) is 0 Å². The molecule has 3 rings (SSSR count). The Balaban J connectivity index is 1.50. The molecule has 8 nitrogen and oxygen atoms in total. The molecule has 1 aliphatic carbocycles. The first-order valence-corrected chi connectivity index (χ1v) is 12.2. The number of benzene rings is 2. The summed E-state index contributed by atoms with van der Waals surface area (Å²) < 4.78 is 6.49. The number of halogens is 1. The fourth-order valence-electron chi connectivity index (χ4n) is 2.89. The summed E-state index contributed by atoms with van der Waals surface area (Å²) in [6.07, 6.45) is 2.70. The van der Waals surface area contributed by atoms with E-state index in [1.807, 2.05) is 0 Å². The molecule has 4 N–H and O–H groups in total. The highest BCUT2D eigenvalue weighted by Crippen LogP contribution is 2.30. The van der Waals surface area contributed by atoms with Crippen LogP contribution in [0.2, 0.25) is 0 Å². The first-order valence-electron chi connectivity index (χ1n) is 11.0. The molecule has 3 amide bonds. The number of carbonyl (C=O) groups is 3. The smallest absolute Gasteiger partial charge is 0.269 e. The molecule has 2 aromatic carbocycles. The lowest BCUT2D eigenvalue weighted by molar-refractivity contribution is -0.117. The van der Waals surface area contributed by atoms with Gasteiger partial charge in [-0.15, -0.1) is 0 Å². The van der Waals surface area contributed by atoms with E-state index in [0.29, 0.717) is 35.1 Å². The SMILES string of the molecule is CC(C)CCOc1ccc(Br)cc1C(=O)NC(=S)NNC(=O)c1ccc(NC(=O)C2CC2)cc1. The van der Waals surface area contributed by atoms with Gasteiger partial charge in [0.25, 0.3) is 11.8 Å². The number of ether oxygens (including phenoxy) is 1. The van der Waals surface area contributed by atoms with Gasteiger partial charge < -0.3 is 10.1 Å². The van der Waals surface area contributed by atoms with E-state index < -0.39 is 11.8 Å². The van der Waals surface area contributed by atoms with Gasteiger partial charge in [0.2, 0.25) is 5.91 Å². The molecule has 1 fully saturated rings. The van der Waals surface area contributed by atoms with Crippen molar-refractivity contribution in [3.63, 3.8) is 0 Å². The molecule has 1 aliphatic rings. The second kappa shape index (κ2) is 11.9. The molecule has 0 aromatic heterocycles. The lowest BCUT2D eigenvalue weighted by atomic mass is 10.1. The van der Waals surface area contributed by atoms with Crippen molar-refractivity contribution < 1.29 is 19.1 Å². The van der Waals surface area contributed by atoms with Crippen LogP contribution in [-0.4, -0.2) is 29.4 Å². The quantitative estimate of drug-likeness (QED) is 0.292. The molecule has 0 unspecified atom stereocenters. The number of hydrogen-bond donors (Lipinski definition) is 4. The molecule has 0 atom stereocenters. The van der Waals surface area contributed by atoms with Crippen LogP contribution < -0.4 is 26.2 Å². The topological polar surface area (TPSA) is 109 Å². The fourth-order valence-corrected chi connectivity index (χ4v) is 3.40. The summed E-state index contributed by atoms with van der Waals surface area (Å²) in [7, 11) is 0. The number of rotatable bonds is 8. The van der Waals surface area contributed by atoms with Crippen molar-refractivity contribution in [2.45, 2.75) is 33.1 Å². The maximum Gasteiger partial charge on any atom is 0.269 e. The third-order valence-corrected chi connectivity index (χ3v) is 5.72. The van der Waals surface area contributed by atoms with E-state index in [1.165, 1.54) is 0 Å². The Bertz CT molecular complexity index is 1070. The minimum Gasteiger partial charge on any atom is -0.493 e. The van der Waals surface area contributed by atoms with Crippen LogP contribution in [0.4, 0.5) is 5.69 Å². The summed E-state index contributed by atoms with van der Waals surface area (Å²) in [5.74, 6) is 0.106. The van der Waals surface area contributed by atoms with Crippen LogP contribution in [0.15, 0.2) is 46.9 Å². The summed E-state index contributed by atoms with van der Waals surface area (Å²) in [4.78, 5) is 36.9.